The largest absolute Gasteiger partial charge is 0.311 e. The molecule has 0 amide bonds. The number of nitrogens with one attached hydrogen (secondary N) is 1. The summed E-state index contributed by atoms with van der Waals surface area (Å²) in [5.74, 6) is 1.59. The van der Waals surface area contributed by atoms with Gasteiger partial charge >= 0.3 is 0 Å². The second kappa shape index (κ2) is 5.92. The van der Waals surface area contributed by atoms with E-state index in [-0.39, 0.29) is 0 Å². The smallest absolute Gasteiger partial charge is 0.0334 e. The Hall–Kier alpha value is -0.0800. The van der Waals surface area contributed by atoms with Gasteiger partial charge in [0.05, 0.1) is 0 Å². The van der Waals surface area contributed by atoms with Gasteiger partial charge < -0.3 is 5.32 Å². The van der Waals surface area contributed by atoms with E-state index in [2.05, 4.69) is 37.9 Å². The average Bonchev–Trinajstić information content (AvgIpc) is 2.81. The molecule has 2 nitrogen and oxygen atoms in total. The van der Waals surface area contributed by atoms with E-state index < -0.39 is 0 Å². The Morgan fingerprint density at radius 2 is 1.89 bits per heavy atom. The number of hydrogen-bond acceptors (Lipinski definition) is 2. The van der Waals surface area contributed by atoms with E-state index in [9.17, 15) is 0 Å². The van der Waals surface area contributed by atoms with Crippen molar-refractivity contribution in [2.75, 3.05) is 19.6 Å². The number of nitrogens with zero attached hydrogens (tertiary/aromatic N) is 1. The Labute approximate surface area is 114 Å². The molecule has 0 aromatic rings. The molecule has 2 rings (SSSR count). The molecule has 18 heavy (non-hydrogen) atoms. The van der Waals surface area contributed by atoms with Gasteiger partial charge in [-0.3, -0.25) is 4.90 Å². The van der Waals surface area contributed by atoms with Crippen molar-refractivity contribution in [3.8, 4) is 0 Å². The van der Waals surface area contributed by atoms with Gasteiger partial charge in [-0.25, -0.2) is 0 Å². The van der Waals surface area contributed by atoms with E-state index in [1.54, 1.807) is 0 Å². The van der Waals surface area contributed by atoms with Gasteiger partial charge in [-0.15, -0.1) is 0 Å². The van der Waals surface area contributed by atoms with Crippen LogP contribution in [0.5, 0.6) is 0 Å². The van der Waals surface area contributed by atoms with Crippen LogP contribution >= 0.6 is 0 Å². The third kappa shape index (κ3) is 2.91. The van der Waals surface area contributed by atoms with Crippen molar-refractivity contribution < 1.29 is 0 Å². The zero-order chi connectivity index (χ0) is 13.2. The molecule has 0 aromatic carbocycles. The summed E-state index contributed by atoms with van der Waals surface area (Å²) in [7, 11) is 0. The van der Waals surface area contributed by atoms with Crippen molar-refractivity contribution >= 4 is 0 Å². The highest BCUT2D eigenvalue weighted by Crippen LogP contribution is 2.38. The SMILES string of the molecule is CCC(C)CN1CC(C(C)C)NCC12CCCC2. The van der Waals surface area contributed by atoms with Crippen LogP contribution in [0.25, 0.3) is 0 Å². The monoisotopic (exact) mass is 252 g/mol. The first-order chi connectivity index (χ1) is 8.57. The Kier molecular flexibility index (Phi) is 4.71. The number of piperazine rings is 1. The quantitative estimate of drug-likeness (QED) is 0.826. The molecule has 1 spiro atoms. The minimum absolute atomic E-state index is 0.509. The summed E-state index contributed by atoms with van der Waals surface area (Å²) in [6.45, 7) is 13.2. The molecule has 1 aliphatic heterocycles. The summed E-state index contributed by atoms with van der Waals surface area (Å²) < 4.78 is 0. The fraction of sp³-hybridized carbons (Fsp3) is 1.00. The first kappa shape index (κ1) is 14.3. The van der Waals surface area contributed by atoms with E-state index in [4.69, 9.17) is 0 Å². The lowest BCUT2D eigenvalue weighted by molar-refractivity contribution is 0.0217. The third-order valence-electron chi connectivity index (χ3n) is 5.35. The van der Waals surface area contributed by atoms with Crippen molar-refractivity contribution in [3.63, 3.8) is 0 Å². The molecule has 2 heteroatoms. The first-order valence-corrected chi connectivity index (χ1v) is 8.06. The maximum atomic E-state index is 3.83. The van der Waals surface area contributed by atoms with Gasteiger partial charge in [-0.05, 0) is 24.7 Å². The second-order valence-corrected chi connectivity index (χ2v) is 7.08. The molecule has 2 fully saturated rings. The van der Waals surface area contributed by atoms with Gasteiger partial charge in [0, 0.05) is 31.2 Å². The summed E-state index contributed by atoms with van der Waals surface area (Å²) in [6.07, 6.45) is 7.02. The van der Waals surface area contributed by atoms with Gasteiger partial charge in [-0.1, -0.05) is 47.0 Å². The Morgan fingerprint density at radius 1 is 1.22 bits per heavy atom. The van der Waals surface area contributed by atoms with Crippen LogP contribution < -0.4 is 5.32 Å². The van der Waals surface area contributed by atoms with Crippen LogP contribution in [0.1, 0.15) is 59.8 Å². The van der Waals surface area contributed by atoms with Crippen LogP contribution in [0.3, 0.4) is 0 Å². The zero-order valence-corrected chi connectivity index (χ0v) is 12.8. The molecular formula is C16H32N2. The van der Waals surface area contributed by atoms with Crippen LogP contribution in [-0.4, -0.2) is 36.1 Å². The molecule has 1 saturated heterocycles. The maximum Gasteiger partial charge on any atom is 0.0334 e. The molecule has 1 aliphatic carbocycles. The molecule has 2 aliphatic rings. The highest BCUT2D eigenvalue weighted by Gasteiger charge is 2.43. The minimum atomic E-state index is 0.509. The van der Waals surface area contributed by atoms with Crippen molar-refractivity contribution in [2.24, 2.45) is 11.8 Å². The van der Waals surface area contributed by atoms with Gasteiger partial charge in [0.25, 0.3) is 0 Å². The van der Waals surface area contributed by atoms with Crippen molar-refractivity contribution in [3.05, 3.63) is 0 Å². The van der Waals surface area contributed by atoms with Gasteiger partial charge in [0.2, 0.25) is 0 Å². The summed E-state index contributed by atoms with van der Waals surface area (Å²) >= 11 is 0. The third-order valence-corrected chi connectivity index (χ3v) is 5.35. The Balaban J connectivity index is 2.05. The van der Waals surface area contributed by atoms with Crippen LogP contribution in [0.15, 0.2) is 0 Å². The summed E-state index contributed by atoms with van der Waals surface area (Å²) in [6, 6.07) is 0.695. The van der Waals surface area contributed by atoms with E-state index in [1.807, 2.05) is 0 Å². The van der Waals surface area contributed by atoms with Crippen LogP contribution in [0, 0.1) is 11.8 Å². The summed E-state index contributed by atoms with van der Waals surface area (Å²) in [5.41, 5.74) is 0.509. The summed E-state index contributed by atoms with van der Waals surface area (Å²) in [5, 5.41) is 3.83. The zero-order valence-electron chi connectivity index (χ0n) is 12.8. The van der Waals surface area contributed by atoms with Crippen LogP contribution in [0.2, 0.25) is 0 Å². The highest BCUT2D eigenvalue weighted by atomic mass is 15.3. The van der Waals surface area contributed by atoms with Crippen LogP contribution in [0.4, 0.5) is 0 Å². The Morgan fingerprint density at radius 3 is 2.44 bits per heavy atom. The predicted molar refractivity (Wildman–Crippen MR) is 78.9 cm³/mol. The molecule has 1 saturated carbocycles. The molecule has 106 valence electrons. The molecule has 0 bridgehead atoms. The molecule has 1 N–H and O–H groups in total. The predicted octanol–water partition coefficient (Wildman–Crippen LogP) is 3.28. The lowest BCUT2D eigenvalue weighted by Gasteiger charge is -2.50. The molecular weight excluding hydrogens is 220 g/mol. The molecule has 2 unspecified atom stereocenters. The first-order valence-electron chi connectivity index (χ1n) is 8.06. The normalized spacial score (nSPS) is 30.2. The number of hydrogen-bond donors (Lipinski definition) is 1. The molecule has 0 radical (unpaired) electrons. The molecule has 1 heterocycles. The van der Waals surface area contributed by atoms with Gasteiger partial charge in [-0.2, -0.15) is 0 Å². The highest BCUT2D eigenvalue weighted by molar-refractivity contribution is 5.02. The average molecular weight is 252 g/mol. The topological polar surface area (TPSA) is 15.3 Å². The second-order valence-electron chi connectivity index (χ2n) is 7.08. The maximum absolute atomic E-state index is 3.83. The standard InChI is InChI=1S/C16H32N2/c1-5-14(4)10-18-11-15(13(2)3)17-12-16(18)8-6-7-9-16/h13-15,17H,5-12H2,1-4H3. The van der Waals surface area contributed by atoms with Crippen molar-refractivity contribution in [2.45, 2.75) is 71.4 Å². The van der Waals surface area contributed by atoms with Crippen molar-refractivity contribution in [1.29, 1.82) is 0 Å². The fourth-order valence-electron chi connectivity index (χ4n) is 3.67. The lowest BCUT2D eigenvalue weighted by Crippen LogP contribution is -2.65. The van der Waals surface area contributed by atoms with Gasteiger partial charge in [0.15, 0.2) is 0 Å². The molecule has 2 atom stereocenters. The van der Waals surface area contributed by atoms with E-state index in [0.717, 1.165) is 11.8 Å². The molecule has 0 aromatic heterocycles. The Bertz CT molecular complexity index is 256. The number of rotatable bonds is 4. The van der Waals surface area contributed by atoms with Crippen molar-refractivity contribution in [1.82, 2.24) is 10.2 Å². The van der Waals surface area contributed by atoms with Crippen LogP contribution in [-0.2, 0) is 0 Å². The van der Waals surface area contributed by atoms with E-state index in [1.165, 1.54) is 51.7 Å². The van der Waals surface area contributed by atoms with E-state index >= 15 is 0 Å². The summed E-state index contributed by atoms with van der Waals surface area (Å²) in [4.78, 5) is 2.86. The fourth-order valence-corrected chi connectivity index (χ4v) is 3.67. The van der Waals surface area contributed by atoms with E-state index in [0.29, 0.717) is 11.6 Å². The van der Waals surface area contributed by atoms with Gasteiger partial charge in [0.1, 0.15) is 0 Å². The lowest BCUT2D eigenvalue weighted by atomic mass is 9.87. The minimum Gasteiger partial charge on any atom is -0.311 e.